The first-order chi connectivity index (χ1) is 14.6. The molecule has 0 aliphatic rings. The van der Waals surface area contributed by atoms with Crippen molar-refractivity contribution in [2.75, 3.05) is 13.7 Å². The molecular weight excluding hydrogens is 404 g/mol. The lowest BCUT2D eigenvalue weighted by Gasteiger charge is -2.19. The molecule has 3 aromatic carbocycles. The number of rotatable bonds is 7. The minimum Gasteiger partial charge on any atom is -0.496 e. The van der Waals surface area contributed by atoms with Crippen LogP contribution in [0.2, 0.25) is 5.02 Å². The summed E-state index contributed by atoms with van der Waals surface area (Å²) in [7, 11) is 1.43. The molecule has 0 unspecified atom stereocenters. The lowest BCUT2D eigenvalue weighted by molar-refractivity contribution is -0.127. The molecule has 3 rings (SSSR count). The first-order valence-corrected chi connectivity index (χ1v) is 9.60. The van der Waals surface area contributed by atoms with Gasteiger partial charge in [0.25, 0.3) is 11.8 Å². The van der Waals surface area contributed by atoms with Crippen LogP contribution >= 0.6 is 11.6 Å². The molecule has 0 heterocycles. The third kappa shape index (κ3) is 5.59. The Hall–Kier alpha value is -3.35. The van der Waals surface area contributed by atoms with E-state index in [1.54, 1.807) is 6.07 Å². The zero-order chi connectivity index (χ0) is 21.3. The number of hydrogen-bond acceptors (Lipinski definition) is 4. The Balaban J connectivity index is 1.60. The molecule has 0 radical (unpaired) electrons. The standard InChI is InChI=1S/C23H21ClN2O4/c1-29-20-14-18(24)12-13-19(20)23(28)26-25-21(27)15-30-22(16-8-4-2-5-9-16)17-10-6-3-7-11-17/h2-14,22H,15H2,1H3,(H,25,27)(H,26,28). The normalized spacial score (nSPS) is 10.5. The lowest BCUT2D eigenvalue weighted by atomic mass is 10.0. The number of benzene rings is 3. The van der Waals surface area contributed by atoms with E-state index >= 15 is 0 Å². The fraction of sp³-hybridized carbons (Fsp3) is 0.130. The zero-order valence-corrected chi connectivity index (χ0v) is 17.1. The summed E-state index contributed by atoms with van der Waals surface area (Å²) in [4.78, 5) is 24.6. The van der Waals surface area contributed by atoms with Crippen molar-refractivity contribution in [1.29, 1.82) is 0 Å². The van der Waals surface area contributed by atoms with Crippen LogP contribution in [0.15, 0.2) is 78.9 Å². The minimum absolute atomic E-state index is 0.244. The summed E-state index contributed by atoms with van der Waals surface area (Å²) < 4.78 is 11.0. The molecule has 0 saturated carbocycles. The summed E-state index contributed by atoms with van der Waals surface area (Å²) in [6, 6.07) is 23.8. The van der Waals surface area contributed by atoms with Gasteiger partial charge < -0.3 is 9.47 Å². The molecule has 0 fully saturated rings. The van der Waals surface area contributed by atoms with Crippen molar-refractivity contribution in [1.82, 2.24) is 10.9 Å². The minimum atomic E-state index is -0.528. The first kappa shape index (κ1) is 21.4. The second-order valence-corrected chi connectivity index (χ2v) is 6.80. The Morgan fingerprint density at radius 3 is 2.07 bits per heavy atom. The Labute approximate surface area is 179 Å². The van der Waals surface area contributed by atoms with Gasteiger partial charge in [-0.15, -0.1) is 0 Å². The van der Waals surface area contributed by atoms with Crippen LogP contribution in [0.25, 0.3) is 0 Å². The van der Waals surface area contributed by atoms with Crippen LogP contribution in [0.3, 0.4) is 0 Å². The van der Waals surface area contributed by atoms with Gasteiger partial charge in [0, 0.05) is 5.02 Å². The van der Waals surface area contributed by atoms with Crippen LogP contribution in [0.4, 0.5) is 0 Å². The van der Waals surface area contributed by atoms with Crippen molar-refractivity contribution < 1.29 is 19.1 Å². The average molecular weight is 425 g/mol. The predicted molar refractivity (Wildman–Crippen MR) is 114 cm³/mol. The largest absolute Gasteiger partial charge is 0.496 e. The second kappa shape index (κ2) is 10.4. The molecule has 6 nitrogen and oxygen atoms in total. The Kier molecular flexibility index (Phi) is 7.43. The molecule has 0 bridgehead atoms. The molecule has 7 heteroatoms. The summed E-state index contributed by atoms with van der Waals surface area (Å²) in [5.41, 5.74) is 6.80. The van der Waals surface area contributed by atoms with Crippen molar-refractivity contribution >= 4 is 23.4 Å². The fourth-order valence-corrected chi connectivity index (χ4v) is 3.04. The van der Waals surface area contributed by atoms with Gasteiger partial charge in [-0.3, -0.25) is 20.4 Å². The van der Waals surface area contributed by atoms with Crippen LogP contribution in [0.5, 0.6) is 5.75 Å². The third-order valence-electron chi connectivity index (χ3n) is 4.31. The van der Waals surface area contributed by atoms with Gasteiger partial charge in [0.15, 0.2) is 0 Å². The van der Waals surface area contributed by atoms with E-state index in [1.165, 1.54) is 19.2 Å². The first-order valence-electron chi connectivity index (χ1n) is 9.22. The molecule has 0 aliphatic heterocycles. The van der Waals surface area contributed by atoms with E-state index in [2.05, 4.69) is 10.9 Å². The van der Waals surface area contributed by atoms with E-state index in [9.17, 15) is 9.59 Å². The molecule has 2 N–H and O–H groups in total. The Morgan fingerprint density at radius 2 is 1.50 bits per heavy atom. The summed E-state index contributed by atoms with van der Waals surface area (Å²) in [5, 5.41) is 0.439. The van der Waals surface area contributed by atoms with Crippen molar-refractivity contribution in [3.8, 4) is 5.75 Å². The van der Waals surface area contributed by atoms with Crippen LogP contribution < -0.4 is 15.6 Å². The summed E-state index contributed by atoms with van der Waals surface area (Å²) in [6.45, 7) is -0.244. The molecular formula is C23H21ClN2O4. The van der Waals surface area contributed by atoms with Gasteiger partial charge in [0.1, 0.15) is 18.5 Å². The van der Waals surface area contributed by atoms with Crippen LogP contribution in [-0.2, 0) is 9.53 Å². The molecule has 0 aromatic heterocycles. The number of ether oxygens (including phenoxy) is 2. The number of methoxy groups -OCH3 is 1. The molecule has 154 valence electrons. The molecule has 30 heavy (non-hydrogen) atoms. The highest BCUT2D eigenvalue weighted by atomic mass is 35.5. The van der Waals surface area contributed by atoms with Crippen LogP contribution in [-0.4, -0.2) is 25.5 Å². The van der Waals surface area contributed by atoms with Gasteiger partial charge in [0.2, 0.25) is 0 Å². The number of halogens is 1. The SMILES string of the molecule is COc1cc(Cl)ccc1C(=O)NNC(=O)COC(c1ccccc1)c1ccccc1. The number of carbonyl (C=O) groups excluding carboxylic acids is 2. The van der Waals surface area contributed by atoms with Crippen molar-refractivity contribution in [3.63, 3.8) is 0 Å². The average Bonchev–Trinajstić information content (AvgIpc) is 2.79. The lowest BCUT2D eigenvalue weighted by Crippen LogP contribution is -2.43. The highest BCUT2D eigenvalue weighted by molar-refractivity contribution is 6.30. The summed E-state index contributed by atoms with van der Waals surface area (Å²) >= 11 is 5.90. The number of amides is 2. The van der Waals surface area contributed by atoms with Gasteiger partial charge in [-0.25, -0.2) is 0 Å². The molecule has 3 aromatic rings. The maximum atomic E-state index is 12.3. The van der Waals surface area contributed by atoms with Gasteiger partial charge in [-0.2, -0.15) is 0 Å². The number of carbonyl (C=O) groups is 2. The second-order valence-electron chi connectivity index (χ2n) is 6.36. The van der Waals surface area contributed by atoms with Crippen molar-refractivity contribution in [3.05, 3.63) is 101 Å². The van der Waals surface area contributed by atoms with Gasteiger partial charge >= 0.3 is 0 Å². The topological polar surface area (TPSA) is 76.7 Å². The monoisotopic (exact) mass is 424 g/mol. The number of hydrazine groups is 1. The molecule has 2 amide bonds. The highest BCUT2D eigenvalue weighted by Crippen LogP contribution is 2.25. The van der Waals surface area contributed by atoms with Gasteiger partial charge in [-0.05, 0) is 29.3 Å². The maximum absolute atomic E-state index is 12.3. The van der Waals surface area contributed by atoms with E-state index in [0.29, 0.717) is 10.8 Å². The molecule has 0 saturated heterocycles. The fourth-order valence-electron chi connectivity index (χ4n) is 2.88. The molecule has 0 spiro atoms. The van der Waals surface area contributed by atoms with Crippen molar-refractivity contribution in [2.24, 2.45) is 0 Å². The van der Waals surface area contributed by atoms with Crippen LogP contribution in [0.1, 0.15) is 27.6 Å². The number of hydrogen-bond donors (Lipinski definition) is 2. The summed E-state index contributed by atoms with van der Waals surface area (Å²) in [5.74, 6) is -0.716. The van der Waals surface area contributed by atoms with E-state index in [4.69, 9.17) is 21.1 Å². The predicted octanol–water partition coefficient (Wildman–Crippen LogP) is 3.92. The van der Waals surface area contributed by atoms with E-state index < -0.39 is 17.9 Å². The van der Waals surface area contributed by atoms with Crippen LogP contribution in [0, 0.1) is 0 Å². The van der Waals surface area contributed by atoms with E-state index in [1.807, 2.05) is 60.7 Å². The maximum Gasteiger partial charge on any atom is 0.273 e. The van der Waals surface area contributed by atoms with Crippen molar-refractivity contribution in [2.45, 2.75) is 6.10 Å². The Bertz CT molecular complexity index is 957. The quantitative estimate of drug-likeness (QED) is 0.564. The molecule has 0 atom stereocenters. The highest BCUT2D eigenvalue weighted by Gasteiger charge is 2.17. The van der Waals surface area contributed by atoms with Gasteiger partial charge in [-0.1, -0.05) is 72.3 Å². The smallest absolute Gasteiger partial charge is 0.273 e. The Morgan fingerprint density at radius 1 is 0.900 bits per heavy atom. The molecule has 0 aliphatic carbocycles. The zero-order valence-electron chi connectivity index (χ0n) is 16.3. The number of nitrogens with one attached hydrogen (secondary N) is 2. The van der Waals surface area contributed by atoms with E-state index in [0.717, 1.165) is 11.1 Å². The summed E-state index contributed by atoms with van der Waals surface area (Å²) in [6.07, 6.45) is -0.412. The van der Waals surface area contributed by atoms with E-state index in [-0.39, 0.29) is 12.2 Å². The van der Waals surface area contributed by atoms with Gasteiger partial charge in [0.05, 0.1) is 12.7 Å². The third-order valence-corrected chi connectivity index (χ3v) is 4.54.